The van der Waals surface area contributed by atoms with Crippen LogP contribution in [0.3, 0.4) is 0 Å². The Balaban J connectivity index is 1.58. The molecule has 28 heavy (non-hydrogen) atoms. The molecular weight excluding hydrogens is 356 g/mol. The smallest absolute Gasteiger partial charge is 0.233 e. The Morgan fingerprint density at radius 1 is 1.25 bits per heavy atom. The van der Waals surface area contributed by atoms with Crippen LogP contribution in [0.15, 0.2) is 48.9 Å². The zero-order valence-electron chi connectivity index (χ0n) is 15.8. The highest BCUT2D eigenvalue weighted by molar-refractivity contribution is 5.82. The van der Waals surface area contributed by atoms with Crippen molar-refractivity contribution in [3.05, 3.63) is 48.9 Å². The maximum absolute atomic E-state index is 5.96. The average Bonchev–Trinajstić information content (AvgIpc) is 3.29. The molecule has 0 atom stereocenters. The Morgan fingerprint density at radius 3 is 2.96 bits per heavy atom. The summed E-state index contributed by atoms with van der Waals surface area (Å²) in [6, 6.07) is 9.10. The zero-order valence-corrected chi connectivity index (χ0v) is 15.8. The van der Waals surface area contributed by atoms with Crippen molar-refractivity contribution in [2.45, 2.75) is 6.54 Å². The quantitative estimate of drug-likeness (QED) is 0.424. The molecule has 0 amide bonds. The van der Waals surface area contributed by atoms with Gasteiger partial charge in [0.25, 0.3) is 0 Å². The fourth-order valence-electron chi connectivity index (χ4n) is 2.72. The van der Waals surface area contributed by atoms with Gasteiger partial charge in [0.15, 0.2) is 0 Å². The number of rotatable bonds is 7. The molecule has 144 valence electrons. The molecule has 4 aromatic rings. The minimum absolute atomic E-state index is 0.418. The van der Waals surface area contributed by atoms with Gasteiger partial charge >= 0.3 is 0 Å². The maximum atomic E-state index is 5.96. The van der Waals surface area contributed by atoms with E-state index in [1.54, 1.807) is 24.5 Å². The SMILES string of the molecule is CN(C)CCn1cc(Nc2nc(Oc3cccc(N)c3)c3cc[nH]c3n2)cn1. The topological polar surface area (TPSA) is 110 Å². The third kappa shape index (κ3) is 4.04. The van der Waals surface area contributed by atoms with Crippen molar-refractivity contribution in [2.24, 2.45) is 0 Å². The molecule has 4 N–H and O–H groups in total. The summed E-state index contributed by atoms with van der Waals surface area (Å²) >= 11 is 0. The fraction of sp³-hybridized carbons (Fsp3) is 0.211. The van der Waals surface area contributed by atoms with E-state index in [0.717, 1.165) is 24.2 Å². The van der Waals surface area contributed by atoms with Gasteiger partial charge in [0.1, 0.15) is 11.4 Å². The molecule has 0 fully saturated rings. The van der Waals surface area contributed by atoms with Crippen molar-refractivity contribution in [1.82, 2.24) is 29.6 Å². The van der Waals surface area contributed by atoms with Gasteiger partial charge < -0.3 is 25.7 Å². The Kier molecular flexibility index (Phi) is 4.81. The number of aromatic amines is 1. The number of H-pyrrole nitrogens is 1. The Bertz CT molecular complexity index is 1080. The van der Waals surface area contributed by atoms with Gasteiger partial charge in [0, 0.05) is 30.7 Å². The monoisotopic (exact) mass is 378 g/mol. The molecule has 0 aliphatic heterocycles. The van der Waals surface area contributed by atoms with Crippen LogP contribution in [0.1, 0.15) is 0 Å². The molecule has 0 aliphatic carbocycles. The van der Waals surface area contributed by atoms with Crippen LogP contribution in [-0.4, -0.2) is 50.3 Å². The summed E-state index contributed by atoms with van der Waals surface area (Å²) < 4.78 is 7.84. The first-order valence-corrected chi connectivity index (χ1v) is 8.89. The van der Waals surface area contributed by atoms with Crippen LogP contribution in [0.2, 0.25) is 0 Å². The Hall–Kier alpha value is -3.59. The van der Waals surface area contributed by atoms with Crippen LogP contribution in [-0.2, 0) is 6.54 Å². The van der Waals surface area contributed by atoms with Crippen LogP contribution in [0.25, 0.3) is 11.0 Å². The predicted octanol–water partition coefficient (Wildman–Crippen LogP) is 2.83. The second-order valence-electron chi connectivity index (χ2n) is 6.69. The summed E-state index contributed by atoms with van der Waals surface area (Å²) in [6.45, 7) is 1.71. The van der Waals surface area contributed by atoms with Crippen molar-refractivity contribution in [1.29, 1.82) is 0 Å². The molecule has 0 radical (unpaired) electrons. The molecular formula is C19H22N8O. The normalized spacial score (nSPS) is 11.2. The minimum atomic E-state index is 0.418. The van der Waals surface area contributed by atoms with Crippen LogP contribution < -0.4 is 15.8 Å². The lowest BCUT2D eigenvalue weighted by Crippen LogP contribution is -2.18. The number of aromatic nitrogens is 5. The Morgan fingerprint density at radius 2 is 2.14 bits per heavy atom. The van der Waals surface area contributed by atoms with Gasteiger partial charge in [-0.15, -0.1) is 0 Å². The molecule has 0 saturated carbocycles. The van der Waals surface area contributed by atoms with Gasteiger partial charge in [-0.05, 0) is 32.3 Å². The molecule has 3 heterocycles. The maximum Gasteiger partial charge on any atom is 0.233 e. The highest BCUT2D eigenvalue weighted by atomic mass is 16.5. The van der Waals surface area contributed by atoms with Crippen LogP contribution in [0.5, 0.6) is 11.6 Å². The van der Waals surface area contributed by atoms with E-state index < -0.39 is 0 Å². The van der Waals surface area contributed by atoms with Gasteiger partial charge in [-0.1, -0.05) is 6.07 Å². The number of hydrogen-bond donors (Lipinski definition) is 3. The summed E-state index contributed by atoms with van der Waals surface area (Å²) in [4.78, 5) is 14.2. The van der Waals surface area contributed by atoms with Crippen LogP contribution >= 0.6 is 0 Å². The minimum Gasteiger partial charge on any atom is -0.438 e. The van der Waals surface area contributed by atoms with Gasteiger partial charge in [-0.3, -0.25) is 4.68 Å². The van der Waals surface area contributed by atoms with Gasteiger partial charge in [0.05, 0.1) is 23.8 Å². The van der Waals surface area contributed by atoms with Crippen molar-refractivity contribution in [3.8, 4) is 11.6 Å². The number of ether oxygens (including phenoxy) is 1. The van der Waals surface area contributed by atoms with Gasteiger partial charge in [-0.25, -0.2) is 0 Å². The summed E-state index contributed by atoms with van der Waals surface area (Å²) in [7, 11) is 4.06. The molecule has 0 saturated heterocycles. The van der Waals surface area contributed by atoms with E-state index in [-0.39, 0.29) is 0 Å². The highest BCUT2D eigenvalue weighted by Gasteiger charge is 2.12. The van der Waals surface area contributed by atoms with E-state index in [1.807, 2.05) is 43.2 Å². The summed E-state index contributed by atoms with van der Waals surface area (Å²) in [6.07, 6.45) is 5.47. The molecule has 9 heteroatoms. The largest absolute Gasteiger partial charge is 0.438 e. The third-order valence-electron chi connectivity index (χ3n) is 4.12. The third-order valence-corrected chi connectivity index (χ3v) is 4.12. The molecule has 4 rings (SSSR count). The number of likely N-dealkylation sites (N-methyl/N-ethyl adjacent to an activating group) is 1. The molecule has 9 nitrogen and oxygen atoms in total. The number of fused-ring (bicyclic) bond motifs is 1. The predicted molar refractivity (Wildman–Crippen MR) is 109 cm³/mol. The molecule has 1 aromatic carbocycles. The summed E-state index contributed by atoms with van der Waals surface area (Å²) in [5.41, 5.74) is 7.95. The summed E-state index contributed by atoms with van der Waals surface area (Å²) in [5, 5.41) is 8.33. The first-order valence-electron chi connectivity index (χ1n) is 8.89. The average molecular weight is 378 g/mol. The molecule has 0 bridgehead atoms. The number of nitrogens with two attached hydrogens (primary N) is 1. The highest BCUT2D eigenvalue weighted by Crippen LogP contribution is 2.29. The van der Waals surface area contributed by atoms with E-state index in [9.17, 15) is 0 Å². The van der Waals surface area contributed by atoms with Gasteiger partial charge in [-0.2, -0.15) is 15.1 Å². The second kappa shape index (κ2) is 7.57. The molecule has 3 aromatic heterocycles. The number of nitrogen functional groups attached to an aromatic ring is 1. The lowest BCUT2D eigenvalue weighted by atomic mass is 10.3. The summed E-state index contributed by atoms with van der Waals surface area (Å²) in [5.74, 6) is 1.48. The van der Waals surface area contributed by atoms with Gasteiger partial charge in [0.2, 0.25) is 11.8 Å². The number of nitrogens with one attached hydrogen (secondary N) is 2. The molecule has 0 unspecified atom stereocenters. The second-order valence-corrected chi connectivity index (χ2v) is 6.69. The van der Waals surface area contributed by atoms with E-state index in [2.05, 4.69) is 30.3 Å². The van der Waals surface area contributed by atoms with Crippen LogP contribution in [0, 0.1) is 0 Å². The lowest BCUT2D eigenvalue weighted by molar-refractivity contribution is 0.373. The van der Waals surface area contributed by atoms with E-state index in [0.29, 0.717) is 28.9 Å². The van der Waals surface area contributed by atoms with Crippen molar-refractivity contribution in [2.75, 3.05) is 31.7 Å². The molecule has 0 aliphatic rings. The standard InChI is InChI=1S/C19H22N8O/c1-26(2)8-9-27-12-14(11-22-27)23-19-24-17-16(6-7-21-17)18(25-19)28-15-5-3-4-13(20)10-15/h3-7,10-12H,8-9,20H2,1-2H3,(H2,21,23,24,25). The van der Waals surface area contributed by atoms with E-state index in [1.165, 1.54) is 0 Å². The number of hydrogen-bond acceptors (Lipinski definition) is 7. The zero-order chi connectivity index (χ0) is 19.5. The first kappa shape index (κ1) is 17.8. The Labute approximate surface area is 162 Å². The fourth-order valence-corrected chi connectivity index (χ4v) is 2.72. The van der Waals surface area contributed by atoms with E-state index in [4.69, 9.17) is 10.5 Å². The lowest BCUT2D eigenvalue weighted by Gasteiger charge is -2.09. The van der Waals surface area contributed by atoms with E-state index >= 15 is 0 Å². The first-order chi connectivity index (χ1) is 13.6. The number of benzene rings is 1. The van der Waals surface area contributed by atoms with Crippen LogP contribution in [0.4, 0.5) is 17.3 Å². The number of nitrogens with zero attached hydrogens (tertiary/aromatic N) is 5. The molecule has 0 spiro atoms. The number of anilines is 3. The van der Waals surface area contributed by atoms with Crippen molar-refractivity contribution in [3.63, 3.8) is 0 Å². The van der Waals surface area contributed by atoms with Crippen molar-refractivity contribution >= 4 is 28.4 Å². The van der Waals surface area contributed by atoms with Crippen molar-refractivity contribution < 1.29 is 4.74 Å².